The lowest BCUT2D eigenvalue weighted by Crippen LogP contribution is -2.56. The minimum Gasteiger partial charge on any atom is -0.379 e. The molecule has 0 saturated carbocycles. The summed E-state index contributed by atoms with van der Waals surface area (Å²) in [5.41, 5.74) is 5.98. The maximum Gasteiger partial charge on any atom is 0.239 e. The molecule has 0 aromatic rings. The van der Waals surface area contributed by atoms with Crippen molar-refractivity contribution in [3.63, 3.8) is 0 Å². The van der Waals surface area contributed by atoms with E-state index < -0.39 is 6.04 Å². The van der Waals surface area contributed by atoms with E-state index in [0.717, 1.165) is 13.1 Å². The second-order valence-electron chi connectivity index (χ2n) is 6.83. The number of rotatable bonds is 5. The number of piperazine rings is 1. The molecule has 25 heavy (non-hydrogen) atoms. The van der Waals surface area contributed by atoms with Gasteiger partial charge in [0, 0.05) is 39.3 Å². The van der Waals surface area contributed by atoms with Gasteiger partial charge < -0.3 is 20.3 Å². The van der Waals surface area contributed by atoms with E-state index in [1.54, 1.807) is 4.90 Å². The van der Waals surface area contributed by atoms with E-state index in [9.17, 15) is 9.59 Å². The van der Waals surface area contributed by atoms with Gasteiger partial charge >= 0.3 is 0 Å². The number of hydrogen-bond acceptors (Lipinski definition) is 5. The molecule has 1 atom stereocenters. The van der Waals surface area contributed by atoms with Crippen LogP contribution in [0.5, 0.6) is 0 Å². The molecule has 2 amide bonds. The van der Waals surface area contributed by atoms with Crippen LogP contribution in [-0.4, -0.2) is 91.6 Å². The third kappa shape index (κ3) is 7.66. The van der Waals surface area contributed by atoms with Gasteiger partial charge in [0.25, 0.3) is 0 Å². The summed E-state index contributed by atoms with van der Waals surface area (Å²) in [6.07, 6.45) is 0.703. The van der Waals surface area contributed by atoms with Crippen LogP contribution in [-0.2, 0) is 14.3 Å². The highest BCUT2D eigenvalue weighted by Gasteiger charge is 2.28. The molecule has 0 radical (unpaired) electrons. The second kappa shape index (κ2) is 11.9. The first-order valence-electron chi connectivity index (χ1n) is 8.59. The number of halogens is 2. The van der Waals surface area contributed by atoms with Crippen molar-refractivity contribution >= 4 is 36.6 Å². The van der Waals surface area contributed by atoms with Crippen molar-refractivity contribution in [2.75, 3.05) is 59.0 Å². The zero-order valence-corrected chi connectivity index (χ0v) is 16.8. The van der Waals surface area contributed by atoms with Crippen molar-refractivity contribution in [2.24, 2.45) is 11.7 Å². The van der Waals surface area contributed by atoms with E-state index in [2.05, 4.69) is 18.7 Å². The number of hydrogen-bond donors (Lipinski definition) is 1. The van der Waals surface area contributed by atoms with Gasteiger partial charge in [-0.25, -0.2) is 0 Å². The first-order chi connectivity index (χ1) is 11.0. The average Bonchev–Trinajstić information content (AvgIpc) is 2.54. The molecule has 0 spiro atoms. The van der Waals surface area contributed by atoms with Gasteiger partial charge in [-0.1, -0.05) is 13.8 Å². The molecule has 0 bridgehead atoms. The van der Waals surface area contributed by atoms with Crippen LogP contribution in [0.25, 0.3) is 0 Å². The molecule has 2 aliphatic heterocycles. The van der Waals surface area contributed by atoms with Gasteiger partial charge in [0.2, 0.25) is 11.8 Å². The van der Waals surface area contributed by atoms with Crippen LogP contribution in [0.1, 0.15) is 20.3 Å². The Balaban J connectivity index is 0.00000288. The summed E-state index contributed by atoms with van der Waals surface area (Å²) in [6.45, 7) is 9.97. The summed E-state index contributed by atoms with van der Waals surface area (Å²) in [7, 11) is 0. The minimum atomic E-state index is -0.425. The maximum atomic E-state index is 12.3. The Labute approximate surface area is 163 Å². The molecule has 7 nitrogen and oxygen atoms in total. The summed E-state index contributed by atoms with van der Waals surface area (Å²) in [4.78, 5) is 30.4. The molecule has 2 N–H and O–H groups in total. The van der Waals surface area contributed by atoms with Crippen molar-refractivity contribution in [1.82, 2.24) is 14.7 Å². The Morgan fingerprint density at radius 2 is 1.48 bits per heavy atom. The molecule has 0 aliphatic carbocycles. The fraction of sp³-hybridized carbons (Fsp3) is 0.875. The number of carbonyl (C=O) groups is 2. The van der Waals surface area contributed by atoms with Gasteiger partial charge in [-0.2, -0.15) is 0 Å². The quantitative estimate of drug-likeness (QED) is 0.715. The third-order valence-electron chi connectivity index (χ3n) is 4.45. The lowest BCUT2D eigenvalue weighted by molar-refractivity contribution is -0.141. The highest BCUT2D eigenvalue weighted by atomic mass is 35.5. The molecular weight excluding hydrogens is 367 g/mol. The standard InChI is InChI=1S/C16H30N4O3.2ClH/c1-13(2)11-14(17)16(22)20-5-3-19(4-6-20)15(21)12-18-7-9-23-10-8-18;;/h13-14H,3-12,17H2,1-2H3;2*1H/t14-;;/m0../s1. The number of morpholine rings is 1. The zero-order valence-electron chi connectivity index (χ0n) is 15.2. The van der Waals surface area contributed by atoms with Gasteiger partial charge in [0.1, 0.15) is 0 Å². The number of nitrogens with two attached hydrogens (primary N) is 1. The predicted molar refractivity (Wildman–Crippen MR) is 102 cm³/mol. The molecule has 148 valence electrons. The Kier molecular flexibility index (Phi) is 11.6. The molecule has 2 rings (SSSR count). The smallest absolute Gasteiger partial charge is 0.239 e. The van der Waals surface area contributed by atoms with E-state index in [1.807, 2.05) is 4.90 Å². The van der Waals surface area contributed by atoms with Gasteiger partial charge in [0.15, 0.2) is 0 Å². The molecule has 0 aromatic carbocycles. The van der Waals surface area contributed by atoms with Gasteiger partial charge in [-0.05, 0) is 12.3 Å². The maximum absolute atomic E-state index is 12.3. The van der Waals surface area contributed by atoms with Crippen molar-refractivity contribution in [1.29, 1.82) is 0 Å². The molecular formula is C16H32Cl2N4O3. The zero-order chi connectivity index (χ0) is 16.8. The SMILES string of the molecule is CC(C)C[C@H](N)C(=O)N1CCN(C(=O)CN2CCOCC2)CC1.Cl.Cl. The third-order valence-corrected chi connectivity index (χ3v) is 4.45. The van der Waals surface area contributed by atoms with Crippen LogP contribution in [0.2, 0.25) is 0 Å². The first-order valence-corrected chi connectivity index (χ1v) is 8.59. The van der Waals surface area contributed by atoms with E-state index >= 15 is 0 Å². The predicted octanol–water partition coefficient (Wildman–Crippen LogP) is 0.206. The van der Waals surface area contributed by atoms with Crippen LogP contribution in [0.3, 0.4) is 0 Å². The van der Waals surface area contributed by atoms with Crippen LogP contribution in [0.4, 0.5) is 0 Å². The molecule has 0 unspecified atom stereocenters. The molecule has 2 saturated heterocycles. The molecule has 2 heterocycles. The Morgan fingerprint density at radius 3 is 2.00 bits per heavy atom. The summed E-state index contributed by atoms with van der Waals surface area (Å²) < 4.78 is 5.29. The van der Waals surface area contributed by atoms with E-state index in [1.165, 1.54) is 0 Å². The first kappa shape index (κ1) is 24.4. The number of amides is 2. The normalized spacial score (nSPS) is 19.8. The highest BCUT2D eigenvalue weighted by molar-refractivity contribution is 5.85. The van der Waals surface area contributed by atoms with Crippen LogP contribution < -0.4 is 5.73 Å². The Hall–Kier alpha value is -0.600. The van der Waals surface area contributed by atoms with Crippen LogP contribution in [0, 0.1) is 5.92 Å². The average molecular weight is 399 g/mol. The highest BCUT2D eigenvalue weighted by Crippen LogP contribution is 2.09. The molecule has 9 heteroatoms. The molecule has 2 fully saturated rings. The van der Waals surface area contributed by atoms with Gasteiger partial charge in [-0.3, -0.25) is 14.5 Å². The Bertz CT molecular complexity index is 412. The van der Waals surface area contributed by atoms with Crippen molar-refractivity contribution < 1.29 is 14.3 Å². The van der Waals surface area contributed by atoms with Gasteiger partial charge in [0.05, 0.1) is 25.8 Å². The molecule has 0 aromatic heterocycles. The minimum absolute atomic E-state index is 0. The second-order valence-corrected chi connectivity index (χ2v) is 6.83. The van der Waals surface area contributed by atoms with Crippen LogP contribution >= 0.6 is 24.8 Å². The number of nitrogens with zero attached hydrogens (tertiary/aromatic N) is 3. The van der Waals surface area contributed by atoms with Gasteiger partial charge in [-0.15, -0.1) is 24.8 Å². The summed E-state index contributed by atoms with van der Waals surface area (Å²) in [6, 6.07) is -0.425. The Morgan fingerprint density at radius 1 is 0.960 bits per heavy atom. The van der Waals surface area contributed by atoms with Crippen molar-refractivity contribution in [3.05, 3.63) is 0 Å². The van der Waals surface area contributed by atoms with E-state index in [0.29, 0.717) is 58.3 Å². The van der Waals surface area contributed by atoms with Crippen LogP contribution in [0.15, 0.2) is 0 Å². The molecule has 2 aliphatic rings. The number of carbonyl (C=O) groups excluding carboxylic acids is 2. The fourth-order valence-corrected chi connectivity index (χ4v) is 3.07. The fourth-order valence-electron chi connectivity index (χ4n) is 3.07. The topological polar surface area (TPSA) is 79.1 Å². The lowest BCUT2D eigenvalue weighted by Gasteiger charge is -2.37. The van der Waals surface area contributed by atoms with Crippen molar-refractivity contribution in [3.8, 4) is 0 Å². The summed E-state index contributed by atoms with van der Waals surface area (Å²) >= 11 is 0. The van der Waals surface area contributed by atoms with Crippen molar-refractivity contribution in [2.45, 2.75) is 26.3 Å². The largest absolute Gasteiger partial charge is 0.379 e. The lowest BCUT2D eigenvalue weighted by atomic mass is 10.0. The monoisotopic (exact) mass is 398 g/mol. The van der Waals surface area contributed by atoms with E-state index in [4.69, 9.17) is 10.5 Å². The summed E-state index contributed by atoms with van der Waals surface area (Å²) in [5, 5.41) is 0. The number of ether oxygens (including phenoxy) is 1. The summed E-state index contributed by atoms with van der Waals surface area (Å²) in [5.74, 6) is 0.565. The van der Waals surface area contributed by atoms with E-state index in [-0.39, 0.29) is 36.6 Å².